The summed E-state index contributed by atoms with van der Waals surface area (Å²) in [6.07, 6.45) is 8.22. The number of hydrogen-bond donors (Lipinski definition) is 1. The van der Waals surface area contributed by atoms with Crippen molar-refractivity contribution >= 4 is 29.9 Å². The molecule has 0 radical (unpaired) electrons. The van der Waals surface area contributed by atoms with Gasteiger partial charge in [-0.25, -0.2) is 9.98 Å². The number of para-hydroxylation sites is 1. The highest BCUT2D eigenvalue weighted by Gasteiger charge is 2.21. The molecule has 7 heteroatoms. The maximum absolute atomic E-state index is 5.75. The molecular formula is C20H30IN5O. The average Bonchev–Trinajstić information content (AvgIpc) is 3.33. The van der Waals surface area contributed by atoms with Crippen molar-refractivity contribution in [1.29, 1.82) is 0 Å². The Labute approximate surface area is 179 Å². The summed E-state index contributed by atoms with van der Waals surface area (Å²) >= 11 is 0. The first-order valence-corrected chi connectivity index (χ1v) is 9.41. The van der Waals surface area contributed by atoms with Gasteiger partial charge in [-0.1, -0.05) is 18.2 Å². The smallest absolute Gasteiger partial charge is 0.194 e. The zero-order valence-corrected chi connectivity index (χ0v) is 18.5. The van der Waals surface area contributed by atoms with Crippen molar-refractivity contribution in [3.8, 4) is 5.69 Å². The first kappa shape index (κ1) is 21.7. The molecule has 1 aromatic carbocycles. The molecule has 6 nitrogen and oxygen atoms in total. The van der Waals surface area contributed by atoms with Crippen molar-refractivity contribution in [2.75, 3.05) is 33.4 Å². The number of aromatic nitrogens is 2. The molecule has 2 aromatic rings. The van der Waals surface area contributed by atoms with E-state index in [-0.39, 0.29) is 24.0 Å². The van der Waals surface area contributed by atoms with E-state index >= 15 is 0 Å². The number of halogens is 1. The van der Waals surface area contributed by atoms with E-state index in [2.05, 4.69) is 41.3 Å². The van der Waals surface area contributed by atoms with Crippen LogP contribution in [-0.4, -0.2) is 53.8 Å². The maximum atomic E-state index is 5.75. The lowest BCUT2D eigenvalue weighted by Crippen LogP contribution is -2.40. The van der Waals surface area contributed by atoms with E-state index in [9.17, 15) is 0 Å². The number of hydrogen-bond acceptors (Lipinski definition) is 3. The van der Waals surface area contributed by atoms with Crippen LogP contribution < -0.4 is 5.32 Å². The zero-order chi connectivity index (χ0) is 18.2. The van der Waals surface area contributed by atoms with Crippen LogP contribution in [-0.2, 0) is 11.3 Å². The highest BCUT2D eigenvalue weighted by Crippen LogP contribution is 2.28. The predicted molar refractivity (Wildman–Crippen MR) is 120 cm³/mol. The summed E-state index contributed by atoms with van der Waals surface area (Å²) in [5.74, 6) is 1.71. The zero-order valence-electron chi connectivity index (χ0n) is 16.2. The Hall–Kier alpha value is -1.61. The lowest BCUT2D eigenvalue weighted by atomic mass is 10.2. The molecular weight excluding hydrogens is 453 g/mol. The summed E-state index contributed by atoms with van der Waals surface area (Å²) < 4.78 is 7.77. The number of guanidine groups is 1. The van der Waals surface area contributed by atoms with Gasteiger partial charge in [0.2, 0.25) is 0 Å². The second-order valence-electron chi connectivity index (χ2n) is 6.71. The third-order valence-corrected chi connectivity index (χ3v) is 4.49. The molecule has 0 bridgehead atoms. The van der Waals surface area contributed by atoms with Crippen LogP contribution in [0.4, 0.5) is 0 Å². The summed E-state index contributed by atoms with van der Waals surface area (Å²) in [6, 6.07) is 8.29. The van der Waals surface area contributed by atoms with Gasteiger partial charge in [0.15, 0.2) is 5.96 Å². The largest absolute Gasteiger partial charge is 0.379 e. The third kappa shape index (κ3) is 6.80. The number of likely N-dealkylation sites (N-methyl/N-ethyl adjacent to an activating group) is 1. The van der Waals surface area contributed by atoms with E-state index < -0.39 is 0 Å². The van der Waals surface area contributed by atoms with Crippen LogP contribution in [0.1, 0.15) is 25.3 Å². The van der Waals surface area contributed by atoms with Gasteiger partial charge in [0.05, 0.1) is 25.2 Å². The molecule has 0 atom stereocenters. The summed E-state index contributed by atoms with van der Waals surface area (Å²) in [4.78, 5) is 11.1. The van der Waals surface area contributed by atoms with Crippen molar-refractivity contribution in [3.63, 3.8) is 0 Å². The molecule has 148 valence electrons. The molecule has 0 amide bonds. The average molecular weight is 483 g/mol. The van der Waals surface area contributed by atoms with E-state index in [0.717, 1.165) is 43.9 Å². The van der Waals surface area contributed by atoms with Crippen molar-refractivity contribution in [2.45, 2.75) is 26.3 Å². The van der Waals surface area contributed by atoms with Crippen molar-refractivity contribution in [3.05, 3.63) is 48.5 Å². The topological polar surface area (TPSA) is 54.7 Å². The monoisotopic (exact) mass is 483 g/mol. The van der Waals surface area contributed by atoms with Crippen LogP contribution in [0.15, 0.2) is 48.0 Å². The molecule has 1 aliphatic rings. The lowest BCUT2D eigenvalue weighted by molar-refractivity contribution is 0.115. The Morgan fingerprint density at radius 1 is 1.37 bits per heavy atom. The van der Waals surface area contributed by atoms with E-state index in [1.165, 1.54) is 18.4 Å². The highest BCUT2D eigenvalue weighted by molar-refractivity contribution is 14.0. The van der Waals surface area contributed by atoms with Gasteiger partial charge >= 0.3 is 0 Å². The Balaban J connectivity index is 0.00000261. The molecule has 1 aliphatic carbocycles. The predicted octanol–water partition coefficient (Wildman–Crippen LogP) is 3.31. The van der Waals surface area contributed by atoms with E-state index in [4.69, 9.17) is 9.73 Å². The van der Waals surface area contributed by atoms with E-state index in [1.54, 1.807) is 6.20 Å². The number of ether oxygens (including phenoxy) is 1. The molecule has 0 unspecified atom stereocenters. The second kappa shape index (κ2) is 11.3. The molecule has 1 N–H and O–H groups in total. The second-order valence-corrected chi connectivity index (χ2v) is 6.71. The van der Waals surface area contributed by atoms with Crippen LogP contribution in [0.2, 0.25) is 0 Å². The standard InChI is InChI=1S/C20H29N5O.HI/c1-3-22-20(24(2)12-13-26-15-17-8-9-17)23-14-18-6-4-5-7-19(18)25-11-10-21-16-25;/h4-7,10-11,16-17H,3,8-9,12-15H2,1-2H3,(H,22,23);1H. The molecule has 0 aliphatic heterocycles. The Morgan fingerprint density at radius 2 is 2.19 bits per heavy atom. The van der Waals surface area contributed by atoms with Gasteiger partial charge in [0.1, 0.15) is 0 Å². The van der Waals surface area contributed by atoms with Gasteiger partial charge in [-0.3, -0.25) is 0 Å². The fourth-order valence-electron chi connectivity index (χ4n) is 2.77. The minimum Gasteiger partial charge on any atom is -0.379 e. The highest BCUT2D eigenvalue weighted by atomic mass is 127. The van der Waals surface area contributed by atoms with E-state index in [0.29, 0.717) is 6.54 Å². The minimum absolute atomic E-state index is 0. The Bertz CT molecular complexity index is 700. The number of nitrogens with zero attached hydrogens (tertiary/aromatic N) is 4. The summed E-state index contributed by atoms with van der Waals surface area (Å²) in [7, 11) is 2.06. The van der Waals surface area contributed by atoms with Crippen LogP contribution in [0.25, 0.3) is 5.69 Å². The van der Waals surface area contributed by atoms with Crippen LogP contribution in [0.5, 0.6) is 0 Å². The summed E-state index contributed by atoms with van der Waals surface area (Å²) in [5.41, 5.74) is 2.28. The van der Waals surface area contributed by atoms with Gasteiger partial charge in [-0.15, -0.1) is 24.0 Å². The van der Waals surface area contributed by atoms with Gasteiger partial charge in [-0.05, 0) is 37.3 Å². The fraction of sp³-hybridized carbons (Fsp3) is 0.500. The van der Waals surface area contributed by atoms with E-state index in [1.807, 2.05) is 29.2 Å². The number of imidazole rings is 1. The van der Waals surface area contributed by atoms with Crippen molar-refractivity contribution in [1.82, 2.24) is 19.8 Å². The van der Waals surface area contributed by atoms with Gasteiger partial charge < -0.3 is 19.5 Å². The number of aliphatic imine (C=N–C) groups is 1. The van der Waals surface area contributed by atoms with Crippen molar-refractivity contribution in [2.24, 2.45) is 10.9 Å². The summed E-state index contributed by atoms with van der Waals surface area (Å²) in [5, 5.41) is 3.37. The minimum atomic E-state index is 0. The first-order chi connectivity index (χ1) is 12.8. The molecule has 1 heterocycles. The van der Waals surface area contributed by atoms with Crippen molar-refractivity contribution < 1.29 is 4.74 Å². The number of rotatable bonds is 9. The lowest BCUT2D eigenvalue weighted by Gasteiger charge is -2.22. The van der Waals surface area contributed by atoms with Crippen LogP contribution in [0.3, 0.4) is 0 Å². The maximum Gasteiger partial charge on any atom is 0.194 e. The Morgan fingerprint density at radius 3 is 2.89 bits per heavy atom. The molecule has 3 rings (SSSR count). The van der Waals surface area contributed by atoms with Crippen LogP contribution in [0, 0.1) is 5.92 Å². The number of benzene rings is 1. The molecule has 1 fully saturated rings. The Kier molecular flexibility index (Phi) is 9.06. The van der Waals surface area contributed by atoms with Gasteiger partial charge in [-0.2, -0.15) is 0 Å². The van der Waals surface area contributed by atoms with Gasteiger partial charge in [0, 0.05) is 39.1 Å². The van der Waals surface area contributed by atoms with Gasteiger partial charge in [0.25, 0.3) is 0 Å². The molecule has 27 heavy (non-hydrogen) atoms. The molecule has 0 saturated heterocycles. The molecule has 0 spiro atoms. The summed E-state index contributed by atoms with van der Waals surface area (Å²) in [6.45, 7) is 6.02. The molecule has 1 aromatic heterocycles. The third-order valence-electron chi connectivity index (χ3n) is 4.49. The van der Waals surface area contributed by atoms with Crippen LogP contribution >= 0.6 is 24.0 Å². The number of nitrogens with one attached hydrogen (secondary N) is 1. The SMILES string of the molecule is CCNC(=NCc1ccccc1-n1ccnc1)N(C)CCOCC1CC1.I. The quantitative estimate of drug-likeness (QED) is 0.258. The fourth-order valence-corrected chi connectivity index (χ4v) is 2.77. The first-order valence-electron chi connectivity index (χ1n) is 9.41. The normalized spacial score (nSPS) is 13.9. The molecule has 1 saturated carbocycles.